The van der Waals surface area contributed by atoms with Gasteiger partial charge in [-0.05, 0) is 74.8 Å². The third-order valence-corrected chi connectivity index (χ3v) is 9.03. The van der Waals surface area contributed by atoms with Crippen LogP contribution in [0.4, 0.5) is 0 Å². The summed E-state index contributed by atoms with van der Waals surface area (Å²) in [6.07, 6.45) is 1.65. The zero-order chi connectivity index (χ0) is 37.2. The highest BCUT2D eigenvalue weighted by Crippen LogP contribution is 2.22. The maximum Gasteiger partial charge on any atom is 0.256 e. The minimum absolute atomic E-state index is 0.0491. The summed E-state index contributed by atoms with van der Waals surface area (Å²) >= 11 is 0. The molecule has 0 unspecified atom stereocenters. The summed E-state index contributed by atoms with van der Waals surface area (Å²) in [6, 6.07) is 13.3. The monoisotopic (exact) mass is 698 g/mol. The summed E-state index contributed by atoms with van der Waals surface area (Å²) in [6.45, 7) is 11.4. The van der Waals surface area contributed by atoms with Gasteiger partial charge in [0, 0.05) is 44.2 Å². The van der Waals surface area contributed by atoms with Crippen molar-refractivity contribution in [3.63, 3.8) is 0 Å². The van der Waals surface area contributed by atoms with Crippen molar-refractivity contribution >= 4 is 35.3 Å². The average molecular weight is 699 g/mol. The van der Waals surface area contributed by atoms with Gasteiger partial charge in [-0.3, -0.25) is 28.8 Å². The lowest BCUT2D eigenvalue weighted by Gasteiger charge is -2.25. The lowest BCUT2D eigenvalue weighted by molar-refractivity contribution is -0.132. The molecule has 51 heavy (non-hydrogen) atoms. The summed E-state index contributed by atoms with van der Waals surface area (Å²) in [5.74, 6) is -2.21. The number of benzene rings is 2. The van der Waals surface area contributed by atoms with E-state index in [2.05, 4.69) is 26.3 Å². The molecule has 5 amide bonds. The number of ketones is 1. The van der Waals surface area contributed by atoms with Crippen molar-refractivity contribution < 1.29 is 28.8 Å². The van der Waals surface area contributed by atoms with E-state index in [1.807, 2.05) is 44.2 Å². The van der Waals surface area contributed by atoms with Gasteiger partial charge in [0.2, 0.25) is 17.7 Å². The molecule has 1 aromatic heterocycles. The zero-order valence-electron chi connectivity index (χ0n) is 30.4. The number of aromatic amines is 1. The molecule has 272 valence electrons. The highest BCUT2D eigenvalue weighted by atomic mass is 16.2. The van der Waals surface area contributed by atoms with Crippen LogP contribution in [0.15, 0.2) is 54.6 Å². The molecule has 12 nitrogen and oxygen atoms in total. The smallest absolute Gasteiger partial charge is 0.256 e. The number of aryl methyl sites for hydroxylation is 1. The Bertz CT molecular complexity index is 1730. The van der Waals surface area contributed by atoms with E-state index in [4.69, 9.17) is 0 Å². The first-order chi connectivity index (χ1) is 24.2. The van der Waals surface area contributed by atoms with Crippen molar-refractivity contribution in [1.29, 1.82) is 0 Å². The van der Waals surface area contributed by atoms with E-state index >= 15 is 0 Å². The van der Waals surface area contributed by atoms with E-state index < -0.39 is 35.8 Å². The Morgan fingerprint density at radius 2 is 1.51 bits per heavy atom. The Morgan fingerprint density at radius 3 is 2.14 bits per heavy atom. The van der Waals surface area contributed by atoms with Crippen LogP contribution in [0, 0.1) is 19.8 Å². The predicted octanol–water partition coefficient (Wildman–Crippen LogP) is 3.76. The molecule has 3 aromatic rings. The molecule has 0 radical (unpaired) electrons. The third kappa shape index (κ3) is 10.4. The number of nitrogens with one attached hydrogen (secondary N) is 5. The first-order valence-electron chi connectivity index (χ1n) is 17.6. The molecule has 12 heteroatoms. The topological polar surface area (TPSA) is 170 Å². The minimum Gasteiger partial charge on any atom is -0.355 e. The van der Waals surface area contributed by atoms with Crippen molar-refractivity contribution in [3.8, 4) is 0 Å². The highest BCUT2D eigenvalue weighted by molar-refractivity contribution is 6.03. The predicted molar refractivity (Wildman–Crippen MR) is 194 cm³/mol. The van der Waals surface area contributed by atoms with Gasteiger partial charge >= 0.3 is 0 Å². The molecular weight excluding hydrogens is 648 g/mol. The summed E-state index contributed by atoms with van der Waals surface area (Å²) in [4.78, 5) is 84.7. The van der Waals surface area contributed by atoms with Crippen LogP contribution in [-0.4, -0.2) is 76.4 Å². The van der Waals surface area contributed by atoms with Gasteiger partial charge in [-0.1, -0.05) is 56.3 Å². The highest BCUT2D eigenvalue weighted by Gasteiger charge is 2.30. The van der Waals surface area contributed by atoms with Crippen molar-refractivity contribution in [2.75, 3.05) is 13.1 Å². The van der Waals surface area contributed by atoms with Crippen LogP contribution in [-0.2, 0) is 27.3 Å². The normalized spacial score (nSPS) is 19.8. The molecule has 0 fully saturated rings. The quantitative estimate of drug-likeness (QED) is 0.194. The molecule has 0 spiro atoms. The fourth-order valence-electron chi connectivity index (χ4n) is 6.26. The number of carbonyl (C=O) groups excluding carboxylic acids is 6. The van der Waals surface area contributed by atoms with Gasteiger partial charge in [0.25, 0.3) is 11.8 Å². The van der Waals surface area contributed by atoms with Crippen LogP contribution in [0.5, 0.6) is 0 Å². The van der Waals surface area contributed by atoms with Crippen LogP contribution >= 0.6 is 0 Å². The molecule has 3 atom stereocenters. The Kier molecular flexibility index (Phi) is 13.3. The van der Waals surface area contributed by atoms with Gasteiger partial charge in [0.15, 0.2) is 5.78 Å². The Morgan fingerprint density at radius 1 is 0.843 bits per heavy atom. The number of hydrogen-bond donors (Lipinski definition) is 5. The van der Waals surface area contributed by atoms with Gasteiger partial charge < -0.3 is 31.2 Å². The summed E-state index contributed by atoms with van der Waals surface area (Å²) < 4.78 is 0. The molecule has 5 N–H and O–H groups in total. The molecular formula is C39H50N6O6. The van der Waals surface area contributed by atoms with Crippen molar-refractivity contribution in [3.05, 3.63) is 93.8 Å². The number of carbonyl (C=O) groups is 6. The second-order valence-corrected chi connectivity index (χ2v) is 13.7. The van der Waals surface area contributed by atoms with E-state index in [9.17, 15) is 28.8 Å². The van der Waals surface area contributed by atoms with Gasteiger partial charge in [-0.25, -0.2) is 0 Å². The lowest BCUT2D eigenvalue weighted by atomic mass is 10.0. The number of rotatable bonds is 6. The van der Waals surface area contributed by atoms with E-state index in [-0.39, 0.29) is 36.5 Å². The molecule has 2 aliphatic heterocycles. The van der Waals surface area contributed by atoms with Crippen LogP contribution in [0.2, 0.25) is 0 Å². The SMILES string of the molecule is CC(=O)c1[nH]c(C)c(C(=O)N2CCCCNC(=O)[C@@H](C)NC(=O)[C@H](CC(C)C)NC(=O)[C@@H](Cc3ccccc3)NC(=O)c3ccc(cc3)C2)c1C. The fourth-order valence-corrected chi connectivity index (χ4v) is 6.26. The molecule has 5 rings (SSSR count). The Hall–Kier alpha value is -5.26. The first-order valence-corrected chi connectivity index (χ1v) is 17.6. The zero-order valence-corrected chi connectivity index (χ0v) is 30.4. The van der Waals surface area contributed by atoms with Crippen LogP contribution in [0.3, 0.4) is 0 Å². The van der Waals surface area contributed by atoms with Crippen molar-refractivity contribution in [1.82, 2.24) is 31.2 Å². The van der Waals surface area contributed by atoms with Gasteiger partial charge in [0.05, 0.1) is 11.3 Å². The van der Waals surface area contributed by atoms with Crippen LogP contribution in [0.1, 0.15) is 101 Å². The molecule has 2 aliphatic rings. The van der Waals surface area contributed by atoms with E-state index in [1.165, 1.54) is 6.92 Å². The number of nitrogens with zero attached hydrogens (tertiary/aromatic N) is 1. The number of aromatic nitrogens is 1. The maximum atomic E-state index is 14.0. The summed E-state index contributed by atoms with van der Waals surface area (Å²) in [5, 5.41) is 11.3. The van der Waals surface area contributed by atoms with Gasteiger partial charge in [-0.15, -0.1) is 0 Å². The summed E-state index contributed by atoms with van der Waals surface area (Å²) in [5.41, 5.74) is 3.96. The number of fused-ring (bicyclic) bond motifs is 18. The minimum atomic E-state index is -1.00. The molecule has 3 heterocycles. The lowest BCUT2D eigenvalue weighted by Crippen LogP contribution is -2.57. The largest absolute Gasteiger partial charge is 0.355 e. The van der Waals surface area contributed by atoms with Crippen molar-refractivity contribution in [2.24, 2.45) is 5.92 Å². The maximum absolute atomic E-state index is 14.0. The average Bonchev–Trinajstić information content (AvgIpc) is 3.39. The summed E-state index contributed by atoms with van der Waals surface area (Å²) in [7, 11) is 0. The van der Waals surface area contributed by atoms with Gasteiger partial charge in [-0.2, -0.15) is 0 Å². The standard InChI is InChI=1S/C39H50N6O6/c1-23(2)20-31-37(49)42-26(5)35(47)40-18-10-11-19-45(39(51)33-24(3)34(27(6)46)41-25(33)4)22-29-14-16-30(17-15-29)36(48)43-32(38(50)44-31)21-28-12-8-7-9-13-28/h7-9,12-17,23,26,31-32,41H,10-11,18-22H2,1-6H3,(H,40,47)(H,42,49)(H,43,48)(H,44,50)/t26-,31+,32-/m1/s1. The number of H-pyrrole nitrogens is 1. The molecule has 2 aromatic carbocycles. The third-order valence-electron chi connectivity index (χ3n) is 9.03. The Labute approximate surface area is 299 Å². The molecule has 0 saturated heterocycles. The second kappa shape index (κ2) is 17.6. The van der Waals surface area contributed by atoms with Crippen LogP contribution in [0.25, 0.3) is 0 Å². The van der Waals surface area contributed by atoms with E-state index in [0.29, 0.717) is 60.4 Å². The van der Waals surface area contributed by atoms with E-state index in [1.54, 1.807) is 49.9 Å². The Balaban J connectivity index is 1.65. The number of hydrogen-bond acceptors (Lipinski definition) is 6. The van der Waals surface area contributed by atoms with E-state index in [0.717, 1.165) is 11.1 Å². The first kappa shape index (κ1) is 38.5. The molecule has 0 saturated carbocycles. The molecule has 0 aliphatic carbocycles. The number of amides is 5. The number of Topliss-reactive ketones (excluding diaryl/α,β-unsaturated/α-hetero) is 1. The van der Waals surface area contributed by atoms with Gasteiger partial charge in [0.1, 0.15) is 18.1 Å². The van der Waals surface area contributed by atoms with Crippen molar-refractivity contribution in [2.45, 2.75) is 91.9 Å². The molecule has 2 bridgehead atoms. The fraction of sp³-hybridized carbons (Fsp3) is 0.436. The second-order valence-electron chi connectivity index (χ2n) is 13.7. The van der Waals surface area contributed by atoms with Crippen LogP contribution < -0.4 is 21.3 Å².